The van der Waals surface area contributed by atoms with Crippen LogP contribution in [0.1, 0.15) is 15.9 Å². The molecule has 0 heterocycles. The minimum absolute atomic E-state index is 0.0716. The number of hydrogen-bond acceptors (Lipinski definition) is 3. The van der Waals surface area contributed by atoms with Crippen molar-refractivity contribution >= 4 is 47.2 Å². The maximum Gasteiger partial charge on any atom is 0.240 e. The van der Waals surface area contributed by atoms with Gasteiger partial charge in [-0.15, -0.1) is 0 Å². The zero-order valence-corrected chi connectivity index (χ0v) is 13.5. The fourth-order valence-corrected chi connectivity index (χ4v) is 4.20. The number of halogens is 2. The topological polar surface area (TPSA) is 51.2 Å². The molecule has 0 fully saturated rings. The molecular formula is C15H11Cl2O3P. The molecule has 0 aliphatic carbocycles. The van der Waals surface area contributed by atoms with Crippen molar-refractivity contribution in [1.29, 1.82) is 0 Å². The monoisotopic (exact) mass is 340 g/mol. The van der Waals surface area contributed by atoms with Crippen LogP contribution in [0.3, 0.4) is 0 Å². The lowest BCUT2D eigenvalue weighted by Crippen LogP contribution is -2.15. The third kappa shape index (κ3) is 2.82. The summed E-state index contributed by atoms with van der Waals surface area (Å²) in [7, 11) is -3.93. The molecule has 2 aromatic carbocycles. The normalized spacial score (nSPS) is 13.5. The van der Waals surface area contributed by atoms with Gasteiger partial charge in [-0.25, -0.2) is 0 Å². The van der Waals surface area contributed by atoms with E-state index in [0.29, 0.717) is 5.56 Å². The molecule has 0 amide bonds. The summed E-state index contributed by atoms with van der Waals surface area (Å²) in [6.07, 6.45) is 0. The first-order chi connectivity index (χ1) is 9.91. The highest BCUT2D eigenvalue weighted by atomic mass is 35.5. The van der Waals surface area contributed by atoms with Gasteiger partial charge in [0.15, 0.2) is 6.03 Å². The maximum absolute atomic E-state index is 12.9. The summed E-state index contributed by atoms with van der Waals surface area (Å²) < 4.78 is 12.9. The molecule has 2 aromatic rings. The molecule has 0 N–H and O–H groups in total. The van der Waals surface area contributed by atoms with Crippen molar-refractivity contribution in [1.82, 2.24) is 0 Å². The van der Waals surface area contributed by atoms with E-state index in [2.05, 4.69) is 0 Å². The van der Waals surface area contributed by atoms with E-state index in [1.54, 1.807) is 31.2 Å². The molecule has 1 atom stereocenters. The first-order valence-electron chi connectivity index (χ1n) is 6.03. The van der Waals surface area contributed by atoms with E-state index in [-0.39, 0.29) is 26.9 Å². The van der Waals surface area contributed by atoms with Crippen LogP contribution in [0.5, 0.6) is 0 Å². The number of rotatable bonds is 4. The molecule has 1 unspecified atom stereocenters. The highest BCUT2D eigenvalue weighted by molar-refractivity contribution is 7.98. The van der Waals surface area contributed by atoms with Gasteiger partial charge in [0.25, 0.3) is 0 Å². The van der Waals surface area contributed by atoms with Crippen LogP contribution < -0.4 is 5.30 Å². The van der Waals surface area contributed by atoms with Gasteiger partial charge in [0.05, 0.1) is 15.6 Å². The van der Waals surface area contributed by atoms with Crippen LogP contribution in [0, 0.1) is 6.92 Å². The van der Waals surface area contributed by atoms with Gasteiger partial charge in [-0.2, -0.15) is 0 Å². The largest absolute Gasteiger partial charge is 0.302 e. The molecule has 0 spiro atoms. The number of benzene rings is 2. The van der Waals surface area contributed by atoms with Crippen molar-refractivity contribution < 1.29 is 14.2 Å². The SMILES string of the molecule is Cc1ccc(Cl)c(C(=O)P(=O)(C=O)c2ccccc2)c1Cl. The van der Waals surface area contributed by atoms with Gasteiger partial charge in [0.1, 0.15) is 0 Å². The van der Waals surface area contributed by atoms with E-state index in [0.717, 1.165) is 0 Å². The second-order valence-electron chi connectivity index (χ2n) is 4.46. The predicted octanol–water partition coefficient (Wildman–Crippen LogP) is 4.32. The lowest BCUT2D eigenvalue weighted by Gasteiger charge is -2.14. The molecule has 0 aliphatic rings. The lowest BCUT2D eigenvalue weighted by atomic mass is 10.1. The van der Waals surface area contributed by atoms with E-state index in [4.69, 9.17) is 23.2 Å². The molecule has 0 aromatic heterocycles. The number of carbonyl (C=O) groups excluding carboxylic acids is 2. The lowest BCUT2D eigenvalue weighted by molar-refractivity contribution is 0.107. The van der Waals surface area contributed by atoms with Gasteiger partial charge in [-0.3, -0.25) is 9.59 Å². The van der Waals surface area contributed by atoms with Gasteiger partial charge in [0, 0.05) is 5.30 Å². The molecule has 0 radical (unpaired) electrons. The summed E-state index contributed by atoms with van der Waals surface area (Å²) in [5, 5.41) is 0.359. The first-order valence-corrected chi connectivity index (χ1v) is 8.56. The summed E-state index contributed by atoms with van der Waals surface area (Å²) in [6, 6.07) is 11.2. The van der Waals surface area contributed by atoms with Crippen LogP contribution in [-0.2, 0) is 9.36 Å². The van der Waals surface area contributed by atoms with Crippen molar-refractivity contribution in [2.75, 3.05) is 0 Å². The average Bonchev–Trinajstić information content (AvgIpc) is 2.51. The van der Waals surface area contributed by atoms with Gasteiger partial charge in [-0.1, -0.05) is 59.6 Å². The quantitative estimate of drug-likeness (QED) is 0.615. The maximum atomic E-state index is 12.9. The van der Waals surface area contributed by atoms with E-state index in [1.165, 1.54) is 18.2 Å². The van der Waals surface area contributed by atoms with Crippen molar-refractivity contribution in [2.45, 2.75) is 6.92 Å². The van der Waals surface area contributed by atoms with Gasteiger partial charge in [0.2, 0.25) is 12.7 Å². The minimum atomic E-state index is -3.93. The zero-order valence-electron chi connectivity index (χ0n) is 11.0. The second-order valence-corrected chi connectivity index (χ2v) is 7.69. The Morgan fingerprint density at radius 3 is 2.29 bits per heavy atom. The highest BCUT2D eigenvalue weighted by Gasteiger charge is 2.36. The third-order valence-electron chi connectivity index (χ3n) is 3.09. The van der Waals surface area contributed by atoms with E-state index in [1.807, 2.05) is 0 Å². The van der Waals surface area contributed by atoms with Crippen LogP contribution in [0.15, 0.2) is 42.5 Å². The summed E-state index contributed by atoms with van der Waals surface area (Å²) >= 11 is 12.1. The molecule has 0 saturated carbocycles. The van der Waals surface area contributed by atoms with Crippen molar-refractivity contribution in [3.63, 3.8) is 0 Å². The summed E-state index contributed by atoms with van der Waals surface area (Å²) in [4.78, 5) is 24.0. The summed E-state index contributed by atoms with van der Waals surface area (Å²) in [5.74, 6) is 0. The molecule has 21 heavy (non-hydrogen) atoms. The van der Waals surface area contributed by atoms with Gasteiger partial charge >= 0.3 is 0 Å². The molecule has 6 heteroatoms. The Bertz CT molecular complexity index is 757. The molecule has 0 aliphatic heterocycles. The zero-order chi connectivity index (χ0) is 15.6. The van der Waals surface area contributed by atoms with Crippen LogP contribution in [0.4, 0.5) is 0 Å². The first kappa shape index (κ1) is 16.0. The fourth-order valence-electron chi connectivity index (χ4n) is 1.89. The Hall–Kier alpha value is -1.41. The smallest absolute Gasteiger partial charge is 0.240 e. The van der Waals surface area contributed by atoms with E-state index in [9.17, 15) is 14.2 Å². The predicted molar refractivity (Wildman–Crippen MR) is 86.0 cm³/mol. The molecule has 3 nitrogen and oxygen atoms in total. The van der Waals surface area contributed by atoms with Gasteiger partial charge < -0.3 is 4.57 Å². The Balaban J connectivity index is 2.66. The summed E-state index contributed by atoms with van der Waals surface area (Å²) in [6.45, 7) is 1.70. The minimum Gasteiger partial charge on any atom is -0.302 e. The Morgan fingerprint density at radius 2 is 1.71 bits per heavy atom. The summed E-state index contributed by atoms with van der Waals surface area (Å²) in [5.41, 5.74) is -0.296. The standard InChI is InChI=1S/C15H11Cl2O3P/c1-10-7-8-12(16)13(14(10)17)15(19)21(20,9-18)11-5-3-2-4-6-11/h2-9H,1H3. The Labute approximate surface area is 132 Å². The Kier molecular flexibility index (Phi) is 4.67. The number of carbonyl (C=O) groups is 2. The van der Waals surface area contributed by atoms with E-state index < -0.39 is 12.7 Å². The molecule has 2 rings (SSSR count). The van der Waals surface area contributed by atoms with Crippen molar-refractivity contribution in [3.05, 3.63) is 63.6 Å². The average molecular weight is 341 g/mol. The molecule has 0 saturated heterocycles. The molecule has 0 bridgehead atoms. The van der Waals surface area contributed by atoms with E-state index >= 15 is 0 Å². The van der Waals surface area contributed by atoms with Crippen LogP contribution in [0.2, 0.25) is 10.0 Å². The fraction of sp³-hybridized carbons (Fsp3) is 0.0667. The highest BCUT2D eigenvalue weighted by Crippen LogP contribution is 2.47. The third-order valence-corrected chi connectivity index (χ3v) is 6.08. The van der Waals surface area contributed by atoms with Crippen LogP contribution in [0.25, 0.3) is 0 Å². The Morgan fingerprint density at radius 1 is 1.10 bits per heavy atom. The molecular weight excluding hydrogens is 330 g/mol. The van der Waals surface area contributed by atoms with Crippen LogP contribution in [-0.4, -0.2) is 11.6 Å². The number of aryl methyl sites for hydroxylation is 1. The van der Waals surface area contributed by atoms with Crippen molar-refractivity contribution in [3.8, 4) is 0 Å². The van der Waals surface area contributed by atoms with Crippen LogP contribution >= 0.6 is 30.3 Å². The van der Waals surface area contributed by atoms with Gasteiger partial charge in [-0.05, 0) is 18.6 Å². The second kappa shape index (κ2) is 6.15. The molecule has 108 valence electrons. The number of hydrogen-bond donors (Lipinski definition) is 0. The van der Waals surface area contributed by atoms with Crippen molar-refractivity contribution in [2.24, 2.45) is 0 Å².